The number of carbonyl (C=O) groups excluding carboxylic acids is 1. The lowest BCUT2D eigenvalue weighted by molar-refractivity contribution is -0.126. The lowest BCUT2D eigenvalue weighted by atomic mass is 9.87. The van der Waals surface area contributed by atoms with E-state index in [1.165, 1.54) is 16.9 Å². The second-order valence-corrected chi connectivity index (χ2v) is 11.2. The summed E-state index contributed by atoms with van der Waals surface area (Å²) >= 11 is 1.21. The van der Waals surface area contributed by atoms with Crippen LogP contribution in [0.3, 0.4) is 0 Å². The van der Waals surface area contributed by atoms with Gasteiger partial charge in [0.15, 0.2) is 0 Å². The molecule has 0 atom stereocenters. The Morgan fingerprint density at radius 1 is 1.14 bits per heavy atom. The Balaban J connectivity index is 1.51. The van der Waals surface area contributed by atoms with Crippen molar-refractivity contribution >= 4 is 33.3 Å². The van der Waals surface area contributed by atoms with E-state index in [4.69, 9.17) is 0 Å². The SMILES string of the molecule is CC(C)(C)c1ccc(/C=C/C(=O)N2CCC(NS(=O)(=O)c3cccs3)CC2)cc1. The van der Waals surface area contributed by atoms with Crippen LogP contribution in [0.4, 0.5) is 0 Å². The standard InChI is InChI=1S/C22H28N2O3S2/c1-22(2,3)18-9-6-17(7-10-18)8-11-20(25)24-14-12-19(13-15-24)23-29(26,27)21-5-4-16-28-21/h4-11,16,19,23H,12-15H2,1-3H3/b11-8+. The first-order valence-corrected chi connectivity index (χ1v) is 12.1. The number of sulfonamides is 1. The van der Waals surface area contributed by atoms with Crippen LogP contribution in [-0.2, 0) is 20.2 Å². The molecule has 1 fully saturated rings. The number of amides is 1. The van der Waals surface area contributed by atoms with Gasteiger partial charge in [0.25, 0.3) is 0 Å². The number of thiophene rings is 1. The second kappa shape index (κ2) is 8.81. The van der Waals surface area contributed by atoms with Gasteiger partial charge in [-0.2, -0.15) is 0 Å². The molecule has 0 aliphatic carbocycles. The minimum absolute atomic E-state index is 0.0375. The molecule has 29 heavy (non-hydrogen) atoms. The zero-order valence-electron chi connectivity index (χ0n) is 17.1. The highest BCUT2D eigenvalue weighted by atomic mass is 32.2. The van der Waals surface area contributed by atoms with Gasteiger partial charge in [0, 0.05) is 25.2 Å². The summed E-state index contributed by atoms with van der Waals surface area (Å²) in [5.41, 5.74) is 2.35. The Kier molecular flexibility index (Phi) is 6.61. The summed E-state index contributed by atoms with van der Waals surface area (Å²) in [5, 5.41) is 1.75. The van der Waals surface area contributed by atoms with E-state index in [0.29, 0.717) is 30.1 Å². The molecule has 2 heterocycles. The monoisotopic (exact) mass is 432 g/mol. The van der Waals surface area contributed by atoms with Crippen LogP contribution >= 0.6 is 11.3 Å². The first-order chi connectivity index (χ1) is 13.6. The molecule has 0 unspecified atom stereocenters. The Labute approximate surface area is 177 Å². The molecule has 1 aliphatic rings. The van der Waals surface area contributed by atoms with Gasteiger partial charge in [0.05, 0.1) is 0 Å². The first-order valence-electron chi connectivity index (χ1n) is 9.78. The molecule has 0 spiro atoms. The second-order valence-electron chi connectivity index (χ2n) is 8.36. The van der Waals surface area contributed by atoms with Crippen LogP contribution in [0.1, 0.15) is 44.7 Å². The van der Waals surface area contributed by atoms with Crippen LogP contribution in [0.15, 0.2) is 52.1 Å². The van der Waals surface area contributed by atoms with Gasteiger partial charge in [0.2, 0.25) is 15.9 Å². The molecule has 1 saturated heterocycles. The van der Waals surface area contributed by atoms with Crippen LogP contribution in [0, 0.1) is 0 Å². The number of nitrogens with one attached hydrogen (secondary N) is 1. The molecule has 3 rings (SSSR count). The van der Waals surface area contributed by atoms with Crippen molar-refractivity contribution in [3.05, 3.63) is 59.0 Å². The van der Waals surface area contributed by atoms with Crippen molar-refractivity contribution in [1.29, 1.82) is 0 Å². The van der Waals surface area contributed by atoms with E-state index in [1.807, 2.05) is 18.2 Å². The van der Waals surface area contributed by atoms with Crippen molar-refractivity contribution in [1.82, 2.24) is 9.62 Å². The number of rotatable bonds is 5. The summed E-state index contributed by atoms with van der Waals surface area (Å²) in [6.07, 6.45) is 4.66. The van der Waals surface area contributed by atoms with E-state index in [1.54, 1.807) is 28.5 Å². The minimum atomic E-state index is -3.46. The average Bonchev–Trinajstić information content (AvgIpc) is 3.22. The summed E-state index contributed by atoms with van der Waals surface area (Å²) in [6, 6.07) is 11.4. The summed E-state index contributed by atoms with van der Waals surface area (Å²) in [4.78, 5) is 14.3. The van der Waals surface area contributed by atoms with Gasteiger partial charge in [-0.15, -0.1) is 11.3 Å². The van der Waals surface area contributed by atoms with Crippen molar-refractivity contribution in [3.63, 3.8) is 0 Å². The zero-order valence-corrected chi connectivity index (χ0v) is 18.7. The first kappa shape index (κ1) is 21.7. The summed E-state index contributed by atoms with van der Waals surface area (Å²) in [5.74, 6) is -0.0375. The molecule has 0 radical (unpaired) electrons. The Hall–Kier alpha value is -1.96. The highest BCUT2D eigenvalue weighted by Crippen LogP contribution is 2.23. The molecule has 1 N–H and O–H groups in total. The molecule has 156 valence electrons. The normalized spacial score (nSPS) is 16.4. The summed E-state index contributed by atoms with van der Waals surface area (Å²) < 4.78 is 27.7. The Bertz CT molecular complexity index is 948. The van der Waals surface area contributed by atoms with Gasteiger partial charge >= 0.3 is 0 Å². The van der Waals surface area contributed by atoms with Crippen LogP contribution in [-0.4, -0.2) is 38.4 Å². The van der Waals surface area contributed by atoms with Crippen molar-refractivity contribution in [3.8, 4) is 0 Å². The quantitative estimate of drug-likeness (QED) is 0.726. The molecule has 0 saturated carbocycles. The number of likely N-dealkylation sites (tertiary alicyclic amines) is 1. The predicted octanol–water partition coefficient (Wildman–Crippen LogP) is 4.03. The number of hydrogen-bond donors (Lipinski definition) is 1. The third-order valence-corrected chi connectivity index (χ3v) is 8.00. The maximum Gasteiger partial charge on any atom is 0.250 e. The Morgan fingerprint density at radius 3 is 2.34 bits per heavy atom. The molecule has 1 aromatic heterocycles. The van der Waals surface area contributed by atoms with Crippen LogP contribution in [0.25, 0.3) is 6.08 Å². The molecule has 0 bridgehead atoms. The van der Waals surface area contributed by atoms with Crippen molar-refractivity contribution in [2.75, 3.05) is 13.1 Å². The van der Waals surface area contributed by atoms with Crippen LogP contribution in [0.2, 0.25) is 0 Å². The smallest absolute Gasteiger partial charge is 0.250 e. The molecule has 1 aliphatic heterocycles. The maximum atomic E-state index is 12.5. The van der Waals surface area contributed by atoms with Gasteiger partial charge in [-0.05, 0) is 46.9 Å². The topological polar surface area (TPSA) is 66.5 Å². The third kappa shape index (κ3) is 5.78. The third-order valence-electron chi connectivity index (χ3n) is 5.08. The largest absolute Gasteiger partial charge is 0.339 e. The highest BCUT2D eigenvalue weighted by molar-refractivity contribution is 7.91. The van der Waals surface area contributed by atoms with E-state index in [9.17, 15) is 13.2 Å². The molecule has 7 heteroatoms. The molecular weight excluding hydrogens is 404 g/mol. The van der Waals surface area contributed by atoms with Gasteiger partial charge in [0.1, 0.15) is 4.21 Å². The minimum Gasteiger partial charge on any atom is -0.339 e. The van der Waals surface area contributed by atoms with Crippen molar-refractivity contribution < 1.29 is 13.2 Å². The van der Waals surface area contributed by atoms with Gasteiger partial charge in [-0.3, -0.25) is 4.79 Å². The molecule has 2 aromatic rings. The number of hydrogen-bond acceptors (Lipinski definition) is 4. The van der Waals surface area contributed by atoms with Gasteiger partial charge in [-0.1, -0.05) is 51.1 Å². The predicted molar refractivity (Wildman–Crippen MR) is 118 cm³/mol. The molecule has 1 amide bonds. The fourth-order valence-electron chi connectivity index (χ4n) is 3.28. The van der Waals surface area contributed by atoms with E-state index in [-0.39, 0.29) is 17.4 Å². The fraction of sp³-hybridized carbons (Fsp3) is 0.409. The highest BCUT2D eigenvalue weighted by Gasteiger charge is 2.26. The summed E-state index contributed by atoms with van der Waals surface area (Å²) in [6.45, 7) is 7.61. The van der Waals surface area contributed by atoms with Crippen LogP contribution < -0.4 is 4.72 Å². The van der Waals surface area contributed by atoms with Crippen molar-refractivity contribution in [2.24, 2.45) is 0 Å². The molecule has 5 nitrogen and oxygen atoms in total. The molecule has 1 aromatic carbocycles. The molecular formula is C22H28N2O3S2. The number of carbonyl (C=O) groups is 1. The van der Waals surface area contributed by atoms with Crippen molar-refractivity contribution in [2.45, 2.75) is 49.3 Å². The van der Waals surface area contributed by atoms with Crippen LogP contribution in [0.5, 0.6) is 0 Å². The summed E-state index contributed by atoms with van der Waals surface area (Å²) in [7, 11) is -3.46. The lowest BCUT2D eigenvalue weighted by Crippen LogP contribution is -2.46. The van der Waals surface area contributed by atoms with E-state index in [0.717, 1.165) is 5.56 Å². The van der Waals surface area contributed by atoms with Gasteiger partial charge in [-0.25, -0.2) is 13.1 Å². The number of benzene rings is 1. The maximum absolute atomic E-state index is 12.5. The van der Waals surface area contributed by atoms with Gasteiger partial charge < -0.3 is 4.90 Å². The zero-order chi connectivity index (χ0) is 21.1. The fourth-order valence-corrected chi connectivity index (χ4v) is 5.59. The van der Waals surface area contributed by atoms with E-state index >= 15 is 0 Å². The van der Waals surface area contributed by atoms with E-state index in [2.05, 4.69) is 37.6 Å². The number of piperidine rings is 1. The lowest BCUT2D eigenvalue weighted by Gasteiger charge is -2.31. The number of nitrogens with zero attached hydrogens (tertiary/aromatic N) is 1. The Morgan fingerprint density at radius 2 is 1.79 bits per heavy atom. The average molecular weight is 433 g/mol. The van der Waals surface area contributed by atoms with E-state index < -0.39 is 10.0 Å².